The minimum absolute atomic E-state index is 0.0450. The third kappa shape index (κ3) is 6.44. The number of benzene rings is 2. The molecule has 4 rings (SSSR count). The Morgan fingerprint density at radius 2 is 1.62 bits per heavy atom. The van der Waals surface area contributed by atoms with Gasteiger partial charge in [0.05, 0.1) is 40.9 Å². The Labute approximate surface area is 212 Å². The highest BCUT2D eigenvalue weighted by Gasteiger charge is 2.49. The molecule has 1 fully saturated rings. The molecule has 196 valence electrons. The summed E-state index contributed by atoms with van der Waals surface area (Å²) < 4.78 is 27.4. The van der Waals surface area contributed by atoms with E-state index in [1.165, 1.54) is 6.20 Å². The van der Waals surface area contributed by atoms with Crippen LogP contribution < -0.4 is 11.1 Å². The molecule has 1 unspecified atom stereocenters. The molecule has 1 heterocycles. The molecule has 3 aromatic rings. The highest BCUT2D eigenvalue weighted by atomic mass is 19.3. The van der Waals surface area contributed by atoms with Gasteiger partial charge in [-0.3, -0.25) is 14.6 Å². The first-order valence-corrected chi connectivity index (χ1v) is 12.2. The molecule has 2 aromatic carbocycles. The van der Waals surface area contributed by atoms with E-state index in [9.17, 15) is 28.6 Å². The average Bonchev–Trinajstić information content (AvgIpc) is 2.88. The van der Waals surface area contributed by atoms with Crippen LogP contribution in [-0.2, 0) is 11.2 Å². The Hall–Kier alpha value is -3.50. The number of aliphatic hydroxyl groups is 2. The smallest absolute Gasteiger partial charge is 0.271 e. The first-order valence-electron chi connectivity index (χ1n) is 12.2. The van der Waals surface area contributed by atoms with E-state index in [4.69, 9.17) is 5.73 Å². The van der Waals surface area contributed by atoms with Gasteiger partial charge < -0.3 is 21.3 Å². The van der Waals surface area contributed by atoms with Crippen LogP contribution in [0.4, 0.5) is 8.78 Å². The zero-order chi connectivity index (χ0) is 26.6. The summed E-state index contributed by atoms with van der Waals surface area (Å²) in [4.78, 5) is 34.0. The largest absolute Gasteiger partial charge is 0.391 e. The lowest BCUT2D eigenvalue weighted by Gasteiger charge is -2.41. The molecular formula is C27H30F2N4O4. The van der Waals surface area contributed by atoms with E-state index in [-0.39, 0.29) is 31.4 Å². The molecule has 10 heteroatoms. The van der Waals surface area contributed by atoms with Crippen LogP contribution in [0.5, 0.6) is 0 Å². The number of amides is 2. The van der Waals surface area contributed by atoms with Crippen LogP contribution in [0.25, 0.3) is 11.0 Å². The second kappa shape index (κ2) is 10.9. The zero-order valence-electron chi connectivity index (χ0n) is 20.2. The molecule has 3 atom stereocenters. The summed E-state index contributed by atoms with van der Waals surface area (Å²) in [6.45, 7) is 0. The second-order valence-corrected chi connectivity index (χ2v) is 9.73. The number of carbonyl (C=O) groups is 2. The number of nitrogens with zero attached hydrogens (tertiary/aromatic N) is 2. The van der Waals surface area contributed by atoms with Gasteiger partial charge in [0.2, 0.25) is 11.8 Å². The summed E-state index contributed by atoms with van der Waals surface area (Å²) in [6.07, 6.45) is -1.87. The lowest BCUT2D eigenvalue weighted by atomic mass is 9.71. The molecule has 0 aliphatic heterocycles. The number of nitrogens with one attached hydrogen (secondary N) is 1. The number of hydrogen-bond donors (Lipinski definition) is 4. The van der Waals surface area contributed by atoms with E-state index in [1.54, 1.807) is 24.3 Å². The quantitative estimate of drug-likeness (QED) is 0.348. The van der Waals surface area contributed by atoms with E-state index in [0.717, 1.165) is 5.56 Å². The van der Waals surface area contributed by atoms with Gasteiger partial charge in [-0.25, -0.2) is 13.8 Å². The van der Waals surface area contributed by atoms with Crippen molar-refractivity contribution in [2.45, 2.75) is 62.2 Å². The fraction of sp³-hybridized carbons (Fsp3) is 0.407. The van der Waals surface area contributed by atoms with Gasteiger partial charge in [-0.05, 0) is 43.4 Å². The van der Waals surface area contributed by atoms with Crippen LogP contribution in [0.2, 0.25) is 0 Å². The number of fused-ring (bicyclic) bond motifs is 1. The number of carbonyl (C=O) groups excluding carboxylic acids is 2. The predicted molar refractivity (Wildman–Crippen MR) is 133 cm³/mol. The number of alkyl halides is 2. The van der Waals surface area contributed by atoms with Crippen molar-refractivity contribution in [1.29, 1.82) is 0 Å². The van der Waals surface area contributed by atoms with Gasteiger partial charge in [0, 0.05) is 12.8 Å². The van der Waals surface area contributed by atoms with Gasteiger partial charge in [-0.1, -0.05) is 42.5 Å². The SMILES string of the molecule is NC(=O)[C@@H](CC(O)[C@H](Cc1ccccc1)NC(=O)c1cnc2ccccc2n1)C1(O)CCC(F)(F)CC1. The Morgan fingerprint density at radius 3 is 2.27 bits per heavy atom. The van der Waals surface area contributed by atoms with Crippen molar-refractivity contribution < 1.29 is 28.6 Å². The molecule has 37 heavy (non-hydrogen) atoms. The van der Waals surface area contributed by atoms with Crippen LogP contribution in [0.15, 0.2) is 60.8 Å². The summed E-state index contributed by atoms with van der Waals surface area (Å²) in [5.41, 5.74) is 5.80. The molecule has 1 saturated carbocycles. The summed E-state index contributed by atoms with van der Waals surface area (Å²) in [7, 11) is 0. The molecule has 2 amide bonds. The van der Waals surface area contributed by atoms with E-state index >= 15 is 0 Å². The Kier molecular flexibility index (Phi) is 7.79. The highest BCUT2D eigenvalue weighted by molar-refractivity contribution is 5.94. The van der Waals surface area contributed by atoms with E-state index < -0.39 is 54.2 Å². The number of primary amides is 1. The minimum atomic E-state index is -2.92. The van der Waals surface area contributed by atoms with E-state index in [2.05, 4.69) is 15.3 Å². The van der Waals surface area contributed by atoms with Gasteiger partial charge in [0.1, 0.15) is 5.69 Å². The molecule has 8 nitrogen and oxygen atoms in total. The van der Waals surface area contributed by atoms with Crippen LogP contribution in [0.3, 0.4) is 0 Å². The van der Waals surface area contributed by atoms with Crippen molar-refractivity contribution in [3.8, 4) is 0 Å². The maximum absolute atomic E-state index is 13.7. The van der Waals surface area contributed by atoms with E-state index in [1.807, 2.05) is 30.3 Å². The topological polar surface area (TPSA) is 138 Å². The third-order valence-electron chi connectivity index (χ3n) is 7.08. The molecule has 0 spiro atoms. The summed E-state index contributed by atoms with van der Waals surface area (Å²) in [5.74, 6) is -5.66. The first kappa shape index (κ1) is 26.6. The number of halogens is 2. The van der Waals surface area contributed by atoms with Crippen LogP contribution in [0.1, 0.15) is 48.2 Å². The lowest BCUT2D eigenvalue weighted by Crippen LogP contribution is -2.53. The molecule has 0 radical (unpaired) electrons. The molecule has 5 N–H and O–H groups in total. The van der Waals surface area contributed by atoms with Crippen LogP contribution >= 0.6 is 0 Å². The van der Waals surface area contributed by atoms with Crippen LogP contribution in [-0.4, -0.2) is 55.7 Å². The fourth-order valence-corrected chi connectivity index (χ4v) is 4.86. The fourth-order valence-electron chi connectivity index (χ4n) is 4.86. The number of para-hydroxylation sites is 2. The van der Waals surface area contributed by atoms with E-state index in [0.29, 0.717) is 11.0 Å². The Bertz CT molecular complexity index is 1250. The monoisotopic (exact) mass is 512 g/mol. The standard InChI is InChI=1S/C27H30F2N4O4/c28-27(29)12-10-26(37,11-13-27)18(24(30)35)15-23(34)21(14-17-6-2-1-3-7-17)33-25(36)22-16-31-19-8-4-5-9-20(19)32-22/h1-9,16,18,21,23,34,37H,10-15H2,(H2,30,35)(H,33,36)/t18-,21+,23?/m1/s1. The Balaban J connectivity index is 1.55. The predicted octanol–water partition coefficient (Wildman–Crippen LogP) is 2.76. The van der Waals surface area contributed by atoms with Crippen molar-refractivity contribution in [2.24, 2.45) is 11.7 Å². The average molecular weight is 513 g/mol. The maximum atomic E-state index is 13.7. The normalized spacial score (nSPS) is 19.0. The number of hydrogen-bond acceptors (Lipinski definition) is 6. The van der Waals surface area contributed by atoms with Crippen molar-refractivity contribution in [2.75, 3.05) is 0 Å². The number of aliphatic hydroxyl groups excluding tert-OH is 1. The zero-order valence-corrected chi connectivity index (χ0v) is 20.2. The van der Waals surface area contributed by atoms with Crippen molar-refractivity contribution >= 4 is 22.8 Å². The summed E-state index contributed by atoms with van der Waals surface area (Å²) >= 11 is 0. The van der Waals surface area contributed by atoms with Crippen LogP contribution in [0, 0.1) is 5.92 Å². The number of aromatic nitrogens is 2. The highest BCUT2D eigenvalue weighted by Crippen LogP contribution is 2.43. The first-order chi connectivity index (χ1) is 17.6. The van der Waals surface area contributed by atoms with Crippen molar-refractivity contribution in [1.82, 2.24) is 15.3 Å². The Morgan fingerprint density at radius 1 is 1.00 bits per heavy atom. The third-order valence-corrected chi connectivity index (χ3v) is 7.08. The summed E-state index contributed by atoms with van der Waals surface area (Å²) in [5, 5.41) is 25.0. The molecule has 0 saturated heterocycles. The second-order valence-electron chi connectivity index (χ2n) is 9.73. The molecular weight excluding hydrogens is 482 g/mol. The van der Waals surface area contributed by atoms with Gasteiger partial charge >= 0.3 is 0 Å². The molecule has 1 aliphatic carbocycles. The lowest BCUT2D eigenvalue weighted by molar-refractivity contribution is -0.152. The number of rotatable bonds is 9. The van der Waals surface area contributed by atoms with Gasteiger partial charge in [-0.15, -0.1) is 0 Å². The molecule has 0 bridgehead atoms. The van der Waals surface area contributed by atoms with Gasteiger partial charge in [0.25, 0.3) is 5.91 Å². The molecule has 1 aromatic heterocycles. The maximum Gasteiger partial charge on any atom is 0.271 e. The minimum Gasteiger partial charge on any atom is -0.391 e. The van der Waals surface area contributed by atoms with Crippen molar-refractivity contribution in [3.05, 3.63) is 72.1 Å². The summed E-state index contributed by atoms with van der Waals surface area (Å²) in [6, 6.07) is 15.3. The van der Waals surface area contributed by atoms with Crippen molar-refractivity contribution in [3.63, 3.8) is 0 Å². The van der Waals surface area contributed by atoms with Gasteiger partial charge in [0.15, 0.2) is 0 Å². The molecule has 1 aliphatic rings. The van der Waals surface area contributed by atoms with Gasteiger partial charge in [-0.2, -0.15) is 0 Å². The number of nitrogens with two attached hydrogens (primary N) is 1.